The number of benzene rings is 1. The molecule has 0 aliphatic carbocycles. The standard InChI is InChI=1S/C15H22N2O3/c1-10-9-17-13-8-12(4-5-14(13)20-10)15(18)11(2)16-6-7-19-3/h4-5,8,10-11,16-17H,6-7,9H2,1-3H3. The van der Waals surface area contributed by atoms with Crippen LogP contribution >= 0.6 is 0 Å². The quantitative estimate of drug-likeness (QED) is 0.612. The van der Waals surface area contributed by atoms with Gasteiger partial charge in [-0.2, -0.15) is 0 Å². The molecule has 5 nitrogen and oxygen atoms in total. The number of carbonyl (C=O) groups excluding carboxylic acids is 1. The molecule has 0 radical (unpaired) electrons. The normalized spacial score (nSPS) is 18.6. The Kier molecular flexibility index (Phi) is 4.98. The lowest BCUT2D eigenvalue weighted by molar-refractivity contribution is 0.0945. The summed E-state index contributed by atoms with van der Waals surface area (Å²) in [4.78, 5) is 12.3. The molecule has 0 bridgehead atoms. The van der Waals surface area contributed by atoms with Crippen molar-refractivity contribution in [3.8, 4) is 5.75 Å². The molecule has 2 rings (SSSR count). The molecule has 0 saturated heterocycles. The van der Waals surface area contributed by atoms with E-state index in [0.717, 1.165) is 18.0 Å². The number of hydrogen-bond donors (Lipinski definition) is 2. The van der Waals surface area contributed by atoms with Gasteiger partial charge >= 0.3 is 0 Å². The van der Waals surface area contributed by atoms with E-state index in [1.807, 2.05) is 32.0 Å². The fourth-order valence-corrected chi connectivity index (χ4v) is 2.16. The van der Waals surface area contributed by atoms with Crippen molar-refractivity contribution >= 4 is 11.5 Å². The van der Waals surface area contributed by atoms with Crippen molar-refractivity contribution in [2.24, 2.45) is 0 Å². The summed E-state index contributed by atoms with van der Waals surface area (Å²) in [5, 5.41) is 6.42. The van der Waals surface area contributed by atoms with Crippen molar-refractivity contribution < 1.29 is 14.3 Å². The second kappa shape index (κ2) is 6.72. The molecule has 20 heavy (non-hydrogen) atoms. The number of nitrogens with one attached hydrogen (secondary N) is 2. The van der Waals surface area contributed by atoms with Crippen LogP contribution in [0.25, 0.3) is 0 Å². The van der Waals surface area contributed by atoms with Crippen molar-refractivity contribution in [1.82, 2.24) is 5.32 Å². The molecule has 0 aromatic heterocycles. The number of hydrogen-bond acceptors (Lipinski definition) is 5. The van der Waals surface area contributed by atoms with Crippen LogP contribution in [0.3, 0.4) is 0 Å². The number of Topliss-reactive ketones (excluding diaryl/α,β-unsaturated/α-hetero) is 1. The molecule has 2 N–H and O–H groups in total. The third-order valence-corrected chi connectivity index (χ3v) is 3.32. The fourth-order valence-electron chi connectivity index (χ4n) is 2.16. The minimum Gasteiger partial charge on any atom is -0.487 e. The molecule has 0 spiro atoms. The summed E-state index contributed by atoms with van der Waals surface area (Å²) < 4.78 is 10.7. The van der Waals surface area contributed by atoms with E-state index in [1.54, 1.807) is 7.11 Å². The topological polar surface area (TPSA) is 59.6 Å². The van der Waals surface area contributed by atoms with Gasteiger partial charge in [0.1, 0.15) is 11.9 Å². The first-order chi connectivity index (χ1) is 9.61. The molecule has 1 heterocycles. The van der Waals surface area contributed by atoms with Crippen LogP contribution in [0.5, 0.6) is 5.75 Å². The molecule has 0 fully saturated rings. The van der Waals surface area contributed by atoms with Gasteiger partial charge in [0.25, 0.3) is 0 Å². The summed E-state index contributed by atoms with van der Waals surface area (Å²) in [5.41, 5.74) is 1.57. The molecule has 1 aliphatic rings. The average Bonchev–Trinajstić information content (AvgIpc) is 2.46. The van der Waals surface area contributed by atoms with Crippen LogP contribution in [0, 0.1) is 0 Å². The van der Waals surface area contributed by atoms with E-state index in [9.17, 15) is 4.79 Å². The summed E-state index contributed by atoms with van der Waals surface area (Å²) in [6.45, 7) is 5.88. The molecular formula is C15H22N2O3. The van der Waals surface area contributed by atoms with E-state index in [2.05, 4.69) is 10.6 Å². The Morgan fingerprint density at radius 3 is 3.15 bits per heavy atom. The first kappa shape index (κ1) is 14.8. The maximum Gasteiger partial charge on any atom is 0.179 e. The van der Waals surface area contributed by atoms with Gasteiger partial charge in [-0.05, 0) is 32.0 Å². The first-order valence-electron chi connectivity index (χ1n) is 6.93. The van der Waals surface area contributed by atoms with Crippen molar-refractivity contribution in [2.75, 3.05) is 32.1 Å². The molecule has 2 unspecified atom stereocenters. The summed E-state index contributed by atoms with van der Waals surface area (Å²) in [5.74, 6) is 0.879. The Hall–Kier alpha value is -1.59. The SMILES string of the molecule is COCCNC(C)C(=O)c1ccc2c(c1)NCC(C)O2. The highest BCUT2D eigenvalue weighted by Crippen LogP contribution is 2.30. The summed E-state index contributed by atoms with van der Waals surface area (Å²) in [7, 11) is 1.64. The number of ether oxygens (including phenoxy) is 2. The Balaban J connectivity index is 2.03. The summed E-state index contributed by atoms with van der Waals surface area (Å²) in [6.07, 6.45) is 0.152. The number of methoxy groups -OCH3 is 1. The molecule has 0 saturated carbocycles. The zero-order chi connectivity index (χ0) is 14.5. The van der Waals surface area contributed by atoms with Crippen LogP contribution in [-0.4, -0.2) is 44.7 Å². The fraction of sp³-hybridized carbons (Fsp3) is 0.533. The maximum absolute atomic E-state index is 12.3. The van der Waals surface area contributed by atoms with Gasteiger partial charge in [0, 0.05) is 19.2 Å². The van der Waals surface area contributed by atoms with E-state index in [4.69, 9.17) is 9.47 Å². The minimum absolute atomic E-state index is 0.0734. The lowest BCUT2D eigenvalue weighted by Crippen LogP contribution is -2.36. The van der Waals surface area contributed by atoms with Crippen LogP contribution in [0.1, 0.15) is 24.2 Å². The predicted molar refractivity (Wildman–Crippen MR) is 78.7 cm³/mol. The van der Waals surface area contributed by atoms with Gasteiger partial charge in [-0.15, -0.1) is 0 Å². The van der Waals surface area contributed by atoms with Gasteiger partial charge in [0.2, 0.25) is 0 Å². The number of fused-ring (bicyclic) bond motifs is 1. The third kappa shape index (κ3) is 3.49. The molecule has 0 amide bonds. The minimum atomic E-state index is -0.230. The van der Waals surface area contributed by atoms with Crippen LogP contribution in [0.15, 0.2) is 18.2 Å². The number of ketones is 1. The average molecular weight is 278 g/mol. The highest BCUT2D eigenvalue weighted by molar-refractivity contribution is 6.01. The Bertz CT molecular complexity index is 476. The zero-order valence-corrected chi connectivity index (χ0v) is 12.2. The third-order valence-electron chi connectivity index (χ3n) is 3.32. The Morgan fingerprint density at radius 1 is 1.60 bits per heavy atom. The summed E-state index contributed by atoms with van der Waals surface area (Å²) in [6, 6.07) is 5.30. The zero-order valence-electron chi connectivity index (χ0n) is 12.2. The molecule has 110 valence electrons. The van der Waals surface area contributed by atoms with Crippen molar-refractivity contribution in [2.45, 2.75) is 26.0 Å². The lowest BCUT2D eigenvalue weighted by atomic mass is 10.0. The van der Waals surface area contributed by atoms with Crippen LogP contribution in [-0.2, 0) is 4.74 Å². The monoisotopic (exact) mass is 278 g/mol. The van der Waals surface area contributed by atoms with Crippen LogP contribution < -0.4 is 15.4 Å². The first-order valence-corrected chi connectivity index (χ1v) is 6.93. The van der Waals surface area contributed by atoms with Gasteiger partial charge in [-0.3, -0.25) is 4.79 Å². The Morgan fingerprint density at radius 2 is 2.40 bits per heavy atom. The number of rotatable bonds is 6. The van der Waals surface area contributed by atoms with E-state index >= 15 is 0 Å². The van der Waals surface area contributed by atoms with Gasteiger partial charge in [-0.1, -0.05) is 0 Å². The molecule has 5 heteroatoms. The predicted octanol–water partition coefficient (Wildman–Crippen LogP) is 1.69. The van der Waals surface area contributed by atoms with Crippen molar-refractivity contribution in [3.05, 3.63) is 23.8 Å². The molecule has 1 aliphatic heterocycles. The highest BCUT2D eigenvalue weighted by Gasteiger charge is 2.19. The molecule has 1 aromatic carbocycles. The number of carbonyl (C=O) groups is 1. The number of anilines is 1. The molecule has 2 atom stereocenters. The molecule has 1 aromatic rings. The van der Waals surface area contributed by atoms with E-state index < -0.39 is 0 Å². The van der Waals surface area contributed by atoms with Crippen LogP contribution in [0.2, 0.25) is 0 Å². The second-order valence-electron chi connectivity index (χ2n) is 5.05. The van der Waals surface area contributed by atoms with Crippen molar-refractivity contribution in [3.63, 3.8) is 0 Å². The van der Waals surface area contributed by atoms with Gasteiger partial charge in [0.05, 0.1) is 24.9 Å². The largest absolute Gasteiger partial charge is 0.487 e. The van der Waals surface area contributed by atoms with Gasteiger partial charge < -0.3 is 20.1 Å². The second-order valence-corrected chi connectivity index (χ2v) is 5.05. The summed E-state index contributed by atoms with van der Waals surface area (Å²) >= 11 is 0. The van der Waals surface area contributed by atoms with E-state index in [0.29, 0.717) is 18.7 Å². The van der Waals surface area contributed by atoms with E-state index in [1.165, 1.54) is 0 Å². The smallest absolute Gasteiger partial charge is 0.179 e. The van der Waals surface area contributed by atoms with Crippen molar-refractivity contribution in [1.29, 1.82) is 0 Å². The highest BCUT2D eigenvalue weighted by atomic mass is 16.5. The molecular weight excluding hydrogens is 256 g/mol. The van der Waals surface area contributed by atoms with Gasteiger partial charge in [0.15, 0.2) is 5.78 Å². The van der Waals surface area contributed by atoms with Gasteiger partial charge in [-0.25, -0.2) is 0 Å². The maximum atomic E-state index is 12.3. The lowest BCUT2D eigenvalue weighted by Gasteiger charge is -2.25. The Labute approximate surface area is 119 Å². The van der Waals surface area contributed by atoms with E-state index in [-0.39, 0.29) is 17.9 Å². The van der Waals surface area contributed by atoms with Crippen LogP contribution in [0.4, 0.5) is 5.69 Å².